The molecule has 0 spiro atoms. The van der Waals surface area contributed by atoms with Gasteiger partial charge in [-0.3, -0.25) is 4.90 Å². The van der Waals surface area contributed by atoms with Crippen molar-refractivity contribution in [2.45, 2.75) is 24.7 Å². The van der Waals surface area contributed by atoms with Crippen molar-refractivity contribution in [1.82, 2.24) is 10.2 Å². The number of halogens is 2. The lowest BCUT2D eigenvalue weighted by atomic mass is 9.72. The second kappa shape index (κ2) is 7.50. The summed E-state index contributed by atoms with van der Waals surface area (Å²) >= 11 is 12.4. The summed E-state index contributed by atoms with van der Waals surface area (Å²) in [4.78, 5) is 2.51. The average molecular weight is 343 g/mol. The molecule has 0 amide bonds. The summed E-state index contributed by atoms with van der Waals surface area (Å²) in [6.07, 6.45) is 3.57. The van der Waals surface area contributed by atoms with E-state index in [9.17, 15) is 0 Å². The topological polar surface area (TPSA) is 24.5 Å². The lowest BCUT2D eigenvalue weighted by Crippen LogP contribution is -2.46. The molecule has 0 aromatic heterocycles. The Kier molecular flexibility index (Phi) is 5.64. The first-order valence-corrected chi connectivity index (χ1v) is 8.92. The number of hydrogen-bond acceptors (Lipinski definition) is 3. The highest BCUT2D eigenvalue weighted by molar-refractivity contribution is 6.42. The van der Waals surface area contributed by atoms with Crippen molar-refractivity contribution in [2.24, 2.45) is 0 Å². The number of nitrogens with zero attached hydrogens (tertiary/aromatic N) is 1. The highest BCUT2D eigenvalue weighted by Crippen LogP contribution is 2.37. The van der Waals surface area contributed by atoms with Gasteiger partial charge in [0.1, 0.15) is 0 Å². The molecule has 0 saturated carbocycles. The molecule has 2 fully saturated rings. The number of piperidine rings is 1. The van der Waals surface area contributed by atoms with Crippen LogP contribution in [0, 0.1) is 0 Å². The van der Waals surface area contributed by atoms with Gasteiger partial charge in [-0.1, -0.05) is 29.3 Å². The molecule has 2 saturated heterocycles. The van der Waals surface area contributed by atoms with Crippen molar-refractivity contribution in [3.8, 4) is 0 Å². The Labute approximate surface area is 142 Å². The first-order valence-electron chi connectivity index (χ1n) is 8.16. The van der Waals surface area contributed by atoms with Gasteiger partial charge in [-0.15, -0.1) is 0 Å². The molecule has 3 nitrogen and oxygen atoms in total. The smallest absolute Gasteiger partial charge is 0.0595 e. The molecule has 1 aromatic rings. The Bertz CT molecular complexity index is 497. The minimum Gasteiger partial charge on any atom is -0.379 e. The second-order valence-corrected chi connectivity index (χ2v) is 7.21. The fourth-order valence-corrected chi connectivity index (χ4v) is 3.89. The molecule has 0 radical (unpaired) electrons. The highest BCUT2D eigenvalue weighted by atomic mass is 35.5. The zero-order valence-corrected chi connectivity index (χ0v) is 14.4. The van der Waals surface area contributed by atoms with E-state index in [4.69, 9.17) is 27.9 Å². The Morgan fingerprint density at radius 3 is 2.68 bits per heavy atom. The SMILES string of the molecule is Clc1ccc([C@@]2(CCN3CCOCC3)CCCNC2)cc1Cl. The van der Waals surface area contributed by atoms with Crippen molar-refractivity contribution in [1.29, 1.82) is 0 Å². The van der Waals surface area contributed by atoms with E-state index < -0.39 is 0 Å². The van der Waals surface area contributed by atoms with Gasteiger partial charge in [0.25, 0.3) is 0 Å². The molecule has 1 N–H and O–H groups in total. The molecule has 122 valence electrons. The monoisotopic (exact) mass is 342 g/mol. The van der Waals surface area contributed by atoms with E-state index in [1.807, 2.05) is 6.07 Å². The van der Waals surface area contributed by atoms with Gasteiger partial charge in [-0.25, -0.2) is 0 Å². The van der Waals surface area contributed by atoms with E-state index in [0.29, 0.717) is 10.0 Å². The molecular formula is C17H24Cl2N2O. The van der Waals surface area contributed by atoms with Gasteiger partial charge >= 0.3 is 0 Å². The van der Waals surface area contributed by atoms with Gasteiger partial charge in [0.15, 0.2) is 0 Å². The summed E-state index contributed by atoms with van der Waals surface area (Å²) in [6, 6.07) is 6.15. The minimum absolute atomic E-state index is 0.171. The maximum Gasteiger partial charge on any atom is 0.0595 e. The van der Waals surface area contributed by atoms with Crippen LogP contribution in [0.3, 0.4) is 0 Å². The van der Waals surface area contributed by atoms with Crippen molar-refractivity contribution in [3.63, 3.8) is 0 Å². The molecule has 2 aliphatic heterocycles. The number of rotatable bonds is 4. The molecule has 2 heterocycles. The zero-order valence-electron chi connectivity index (χ0n) is 12.9. The fraction of sp³-hybridized carbons (Fsp3) is 0.647. The van der Waals surface area contributed by atoms with Crippen molar-refractivity contribution in [2.75, 3.05) is 45.9 Å². The molecule has 0 bridgehead atoms. The molecule has 3 rings (SSSR count). The van der Waals surface area contributed by atoms with Crippen LogP contribution in [0.15, 0.2) is 18.2 Å². The lowest BCUT2D eigenvalue weighted by molar-refractivity contribution is 0.0334. The van der Waals surface area contributed by atoms with Crippen LogP contribution in [0.5, 0.6) is 0 Å². The van der Waals surface area contributed by atoms with Crippen LogP contribution in [0.2, 0.25) is 10.0 Å². The normalized spacial score (nSPS) is 27.0. The predicted molar refractivity (Wildman–Crippen MR) is 92.1 cm³/mol. The van der Waals surface area contributed by atoms with E-state index in [1.165, 1.54) is 18.4 Å². The second-order valence-electron chi connectivity index (χ2n) is 6.39. The fourth-order valence-electron chi connectivity index (χ4n) is 3.59. The summed E-state index contributed by atoms with van der Waals surface area (Å²) in [7, 11) is 0. The minimum atomic E-state index is 0.171. The largest absolute Gasteiger partial charge is 0.379 e. The van der Waals surface area contributed by atoms with Gasteiger partial charge in [-0.05, 0) is 50.0 Å². The third kappa shape index (κ3) is 3.77. The standard InChI is InChI=1S/C17H24Cl2N2O/c18-15-3-2-14(12-16(15)19)17(4-1-6-20-13-17)5-7-21-8-10-22-11-9-21/h2-3,12,20H,1,4-11,13H2/t17-/m1/s1. The first-order chi connectivity index (χ1) is 10.7. The van der Waals surface area contributed by atoms with Gasteiger partial charge < -0.3 is 10.1 Å². The van der Waals surface area contributed by atoms with Gasteiger partial charge in [0.05, 0.1) is 23.3 Å². The van der Waals surface area contributed by atoms with Gasteiger partial charge in [-0.2, -0.15) is 0 Å². The summed E-state index contributed by atoms with van der Waals surface area (Å²) in [5.41, 5.74) is 1.49. The molecular weight excluding hydrogens is 319 g/mol. The Hall–Kier alpha value is -0.320. The van der Waals surface area contributed by atoms with Gasteiger partial charge in [0.2, 0.25) is 0 Å². The molecule has 1 aromatic carbocycles. The molecule has 2 aliphatic rings. The Morgan fingerprint density at radius 2 is 2.00 bits per heavy atom. The Morgan fingerprint density at radius 1 is 1.18 bits per heavy atom. The molecule has 22 heavy (non-hydrogen) atoms. The number of nitrogens with one attached hydrogen (secondary N) is 1. The van der Waals surface area contributed by atoms with Crippen LogP contribution in [-0.2, 0) is 10.2 Å². The number of hydrogen-bond donors (Lipinski definition) is 1. The van der Waals surface area contributed by atoms with Crippen LogP contribution in [0.25, 0.3) is 0 Å². The van der Waals surface area contributed by atoms with E-state index in [0.717, 1.165) is 52.4 Å². The summed E-state index contributed by atoms with van der Waals surface area (Å²) in [5, 5.41) is 4.88. The van der Waals surface area contributed by atoms with Crippen molar-refractivity contribution >= 4 is 23.2 Å². The number of benzene rings is 1. The average Bonchev–Trinajstić information content (AvgIpc) is 2.57. The third-order valence-electron chi connectivity index (χ3n) is 5.01. The maximum atomic E-state index is 6.26. The van der Waals surface area contributed by atoms with Crippen molar-refractivity contribution in [3.05, 3.63) is 33.8 Å². The van der Waals surface area contributed by atoms with E-state index in [1.54, 1.807) is 0 Å². The van der Waals surface area contributed by atoms with E-state index in [2.05, 4.69) is 22.3 Å². The maximum absolute atomic E-state index is 6.26. The third-order valence-corrected chi connectivity index (χ3v) is 5.75. The number of morpholine rings is 1. The summed E-state index contributed by atoms with van der Waals surface area (Å²) < 4.78 is 5.44. The molecule has 0 aliphatic carbocycles. The lowest BCUT2D eigenvalue weighted by Gasteiger charge is -2.40. The van der Waals surface area contributed by atoms with Crippen LogP contribution in [-0.4, -0.2) is 50.8 Å². The van der Waals surface area contributed by atoms with Crippen molar-refractivity contribution < 1.29 is 4.74 Å². The van der Waals surface area contributed by atoms with E-state index in [-0.39, 0.29) is 5.41 Å². The predicted octanol–water partition coefficient (Wildman–Crippen LogP) is 3.34. The zero-order chi connectivity index (χ0) is 15.4. The summed E-state index contributed by atoms with van der Waals surface area (Å²) in [6.45, 7) is 7.06. The highest BCUT2D eigenvalue weighted by Gasteiger charge is 2.34. The Balaban J connectivity index is 1.76. The molecule has 0 unspecified atom stereocenters. The number of ether oxygens (including phenoxy) is 1. The molecule has 1 atom stereocenters. The van der Waals surface area contributed by atoms with Gasteiger partial charge in [0, 0.05) is 25.0 Å². The van der Waals surface area contributed by atoms with Crippen LogP contribution >= 0.6 is 23.2 Å². The van der Waals surface area contributed by atoms with E-state index >= 15 is 0 Å². The van der Waals surface area contributed by atoms with Crippen LogP contribution < -0.4 is 5.32 Å². The van der Waals surface area contributed by atoms with Crippen LogP contribution in [0.1, 0.15) is 24.8 Å². The first kappa shape index (κ1) is 16.5. The molecule has 5 heteroatoms. The summed E-state index contributed by atoms with van der Waals surface area (Å²) in [5.74, 6) is 0. The quantitative estimate of drug-likeness (QED) is 0.908. The van der Waals surface area contributed by atoms with Crippen LogP contribution in [0.4, 0.5) is 0 Å².